The smallest absolute Gasteiger partial charge is 0.246 e. The van der Waals surface area contributed by atoms with Crippen molar-refractivity contribution >= 4 is 34.3 Å². The number of fused-ring (bicyclic) bond motifs is 4. The van der Waals surface area contributed by atoms with Crippen molar-refractivity contribution in [2.24, 2.45) is 0 Å². The predicted octanol–water partition coefficient (Wildman–Crippen LogP) is 5.15. The van der Waals surface area contributed by atoms with E-state index in [4.69, 9.17) is 16.3 Å². The normalized spacial score (nSPS) is 19.2. The van der Waals surface area contributed by atoms with Crippen LogP contribution in [0.2, 0.25) is 5.02 Å². The van der Waals surface area contributed by atoms with E-state index in [9.17, 15) is 9.59 Å². The van der Waals surface area contributed by atoms with Gasteiger partial charge in [-0.25, -0.2) is 0 Å². The second kappa shape index (κ2) is 9.60. The van der Waals surface area contributed by atoms with Crippen molar-refractivity contribution in [3.05, 3.63) is 100 Å². The third kappa shape index (κ3) is 4.15. The van der Waals surface area contributed by atoms with Crippen molar-refractivity contribution in [3.8, 4) is 5.75 Å². The van der Waals surface area contributed by atoms with Crippen molar-refractivity contribution in [2.45, 2.75) is 31.8 Å². The number of rotatable bonds is 6. The zero-order valence-electron chi connectivity index (χ0n) is 20.6. The summed E-state index contributed by atoms with van der Waals surface area (Å²) in [6.07, 6.45) is 1.15. The molecule has 1 saturated heterocycles. The molecule has 1 fully saturated rings. The van der Waals surface area contributed by atoms with Crippen molar-refractivity contribution < 1.29 is 14.3 Å². The number of nitrogens with one attached hydrogen (secondary N) is 1. The van der Waals surface area contributed by atoms with Crippen molar-refractivity contribution in [1.82, 2.24) is 14.8 Å². The zero-order valence-corrected chi connectivity index (χ0v) is 21.4. The van der Waals surface area contributed by atoms with Gasteiger partial charge in [-0.2, -0.15) is 0 Å². The van der Waals surface area contributed by atoms with Crippen molar-refractivity contribution in [3.63, 3.8) is 0 Å². The molecule has 0 spiro atoms. The minimum absolute atomic E-state index is 0.0108. The van der Waals surface area contributed by atoms with Gasteiger partial charge in [-0.15, -0.1) is 0 Å². The summed E-state index contributed by atoms with van der Waals surface area (Å²) in [5.74, 6) is 0.662. The van der Waals surface area contributed by atoms with Gasteiger partial charge in [0.25, 0.3) is 0 Å². The minimum atomic E-state index is -0.571. The first-order valence-corrected chi connectivity index (χ1v) is 13.1. The number of piperazine rings is 1. The summed E-state index contributed by atoms with van der Waals surface area (Å²) in [5, 5.41) is 1.77. The molecule has 0 radical (unpaired) electrons. The molecule has 6 rings (SSSR count). The van der Waals surface area contributed by atoms with Crippen LogP contribution in [0.1, 0.15) is 35.3 Å². The zero-order chi connectivity index (χ0) is 25.5. The Morgan fingerprint density at radius 2 is 1.76 bits per heavy atom. The van der Waals surface area contributed by atoms with Crippen LogP contribution in [0.25, 0.3) is 10.9 Å². The Bertz CT molecular complexity index is 1480. The summed E-state index contributed by atoms with van der Waals surface area (Å²) in [4.78, 5) is 34.8. The number of carbonyl (C=O) groups is 2. The molecule has 4 aromatic rings. The largest absolute Gasteiger partial charge is 0.494 e. The third-order valence-electron chi connectivity index (χ3n) is 7.44. The molecular weight excluding hydrogens is 486 g/mol. The first-order valence-electron chi connectivity index (χ1n) is 12.7. The maximum absolute atomic E-state index is 13.9. The SMILES string of the molecule is CCOc1ccccc1C1c2[nH]c3ccccc3c2C[C@H]2C(=O)N(CCc3ccc(Cl)cc3)CC(=O)N12. The maximum atomic E-state index is 13.9. The van der Waals surface area contributed by atoms with Gasteiger partial charge in [0.1, 0.15) is 17.8 Å². The third-order valence-corrected chi connectivity index (χ3v) is 7.69. The van der Waals surface area contributed by atoms with Gasteiger partial charge >= 0.3 is 0 Å². The number of halogens is 1. The monoisotopic (exact) mass is 513 g/mol. The summed E-state index contributed by atoms with van der Waals surface area (Å²) in [7, 11) is 0. The quantitative estimate of drug-likeness (QED) is 0.388. The van der Waals surface area contributed by atoms with E-state index in [0.717, 1.165) is 39.0 Å². The number of amides is 2. The second-order valence-corrected chi connectivity index (χ2v) is 10.0. The van der Waals surface area contributed by atoms with E-state index in [2.05, 4.69) is 11.1 Å². The van der Waals surface area contributed by atoms with Gasteiger partial charge in [0.15, 0.2) is 0 Å². The summed E-state index contributed by atoms with van der Waals surface area (Å²) < 4.78 is 5.98. The standard InChI is InChI=1S/C30H28ClN3O3/c1-2-37-26-10-6-4-8-22(26)29-28-23(21-7-3-5-9-24(21)32-28)17-25-30(36)33(18-27(35)34(25)29)16-15-19-11-13-20(31)14-12-19/h3-14,25,29,32H,2,15-18H2,1H3/t25-,29?/m0/s1. The number of benzene rings is 3. The molecule has 7 heteroatoms. The molecule has 0 bridgehead atoms. The Kier molecular flexibility index (Phi) is 6.13. The number of aromatic amines is 1. The predicted molar refractivity (Wildman–Crippen MR) is 144 cm³/mol. The highest BCUT2D eigenvalue weighted by molar-refractivity contribution is 6.30. The Morgan fingerprint density at radius 1 is 1.00 bits per heavy atom. The van der Waals surface area contributed by atoms with Gasteiger partial charge in [-0.1, -0.05) is 60.1 Å². The Hall–Kier alpha value is -3.77. The summed E-state index contributed by atoms with van der Waals surface area (Å²) >= 11 is 6.02. The van der Waals surface area contributed by atoms with Crippen LogP contribution < -0.4 is 4.74 Å². The van der Waals surface area contributed by atoms with Gasteiger partial charge in [0.05, 0.1) is 13.2 Å². The van der Waals surface area contributed by atoms with Crippen molar-refractivity contribution in [1.29, 1.82) is 0 Å². The Morgan fingerprint density at radius 3 is 2.57 bits per heavy atom. The molecule has 1 aromatic heterocycles. The highest BCUT2D eigenvalue weighted by Crippen LogP contribution is 2.44. The topological polar surface area (TPSA) is 65.6 Å². The fourth-order valence-corrected chi connectivity index (χ4v) is 5.87. The van der Waals surface area contributed by atoms with Gasteiger partial charge in [-0.3, -0.25) is 9.59 Å². The molecule has 2 aliphatic heterocycles. The lowest BCUT2D eigenvalue weighted by molar-refractivity contribution is -0.158. The number of nitrogens with zero attached hydrogens (tertiary/aromatic N) is 2. The van der Waals surface area contributed by atoms with Crippen molar-refractivity contribution in [2.75, 3.05) is 19.7 Å². The average molecular weight is 514 g/mol. The van der Waals surface area contributed by atoms with E-state index in [0.29, 0.717) is 31.0 Å². The molecule has 188 valence electrons. The second-order valence-electron chi connectivity index (χ2n) is 9.59. The molecule has 2 atom stereocenters. The molecule has 3 heterocycles. The molecule has 1 unspecified atom stereocenters. The van der Waals surface area contributed by atoms with Crippen LogP contribution in [0.5, 0.6) is 5.75 Å². The lowest BCUT2D eigenvalue weighted by atomic mass is 9.86. The summed E-state index contributed by atoms with van der Waals surface area (Å²) in [5.41, 5.74) is 5.02. The number of aromatic nitrogens is 1. The molecule has 0 aliphatic carbocycles. The van der Waals surface area contributed by atoms with E-state index >= 15 is 0 Å². The number of carbonyl (C=O) groups excluding carboxylic acids is 2. The molecule has 6 nitrogen and oxygen atoms in total. The van der Waals surface area contributed by atoms with E-state index in [1.54, 1.807) is 9.80 Å². The Labute approximate surface area is 220 Å². The van der Waals surface area contributed by atoms with Crippen LogP contribution in [-0.4, -0.2) is 52.3 Å². The van der Waals surface area contributed by atoms with E-state index in [1.165, 1.54) is 0 Å². The maximum Gasteiger partial charge on any atom is 0.246 e. The lowest BCUT2D eigenvalue weighted by Gasteiger charge is -2.47. The fraction of sp³-hybridized carbons (Fsp3) is 0.267. The van der Waals surface area contributed by atoms with Gasteiger partial charge in [0.2, 0.25) is 11.8 Å². The number of hydrogen-bond acceptors (Lipinski definition) is 3. The first-order chi connectivity index (χ1) is 18.0. The number of hydrogen-bond donors (Lipinski definition) is 1. The summed E-state index contributed by atoms with van der Waals surface area (Å²) in [6.45, 7) is 3.00. The van der Waals surface area contributed by atoms with E-state index in [1.807, 2.05) is 73.7 Å². The molecule has 0 saturated carbocycles. The molecule has 2 amide bonds. The first kappa shape index (κ1) is 23.6. The van der Waals surface area contributed by atoms with Crippen LogP contribution in [-0.2, 0) is 22.4 Å². The molecule has 2 aliphatic rings. The highest BCUT2D eigenvalue weighted by Gasteiger charge is 2.48. The number of ether oxygens (including phenoxy) is 1. The molecular formula is C30H28ClN3O3. The van der Waals surface area contributed by atoms with Crippen LogP contribution >= 0.6 is 11.6 Å². The fourth-order valence-electron chi connectivity index (χ4n) is 5.75. The van der Waals surface area contributed by atoms with Gasteiger partial charge in [-0.05, 0) is 48.7 Å². The van der Waals surface area contributed by atoms with Gasteiger partial charge in [0, 0.05) is 40.1 Å². The number of H-pyrrole nitrogens is 1. The highest BCUT2D eigenvalue weighted by atomic mass is 35.5. The average Bonchev–Trinajstić information content (AvgIpc) is 3.29. The van der Waals surface area contributed by atoms with E-state index < -0.39 is 12.1 Å². The molecule has 1 N–H and O–H groups in total. The molecule has 37 heavy (non-hydrogen) atoms. The van der Waals surface area contributed by atoms with Crippen LogP contribution in [0.4, 0.5) is 0 Å². The summed E-state index contributed by atoms with van der Waals surface area (Å²) in [6, 6.07) is 22.6. The van der Waals surface area contributed by atoms with Gasteiger partial charge < -0.3 is 19.5 Å². The molecule has 3 aromatic carbocycles. The van der Waals surface area contributed by atoms with Crippen LogP contribution in [0, 0.1) is 0 Å². The Balaban J connectivity index is 1.40. The minimum Gasteiger partial charge on any atom is -0.494 e. The van der Waals surface area contributed by atoms with E-state index in [-0.39, 0.29) is 18.4 Å². The number of para-hydroxylation sites is 2. The van der Waals surface area contributed by atoms with Crippen LogP contribution in [0.15, 0.2) is 72.8 Å². The van der Waals surface area contributed by atoms with Crippen LogP contribution in [0.3, 0.4) is 0 Å². The lowest BCUT2D eigenvalue weighted by Crippen LogP contribution is -2.63.